The van der Waals surface area contributed by atoms with Crippen LogP contribution in [-0.2, 0) is 65.4 Å². The molecule has 0 rings (SSSR count). The zero-order chi connectivity index (χ0) is 73.1. The molecule has 0 aromatic carbocycles. The molecule has 0 bridgehead atoms. The van der Waals surface area contributed by atoms with Gasteiger partial charge in [-0.3, -0.25) is 37.3 Å². The molecule has 0 aromatic heterocycles. The van der Waals surface area contributed by atoms with Crippen LogP contribution in [0.15, 0.2) is 0 Å². The van der Waals surface area contributed by atoms with Crippen LogP contribution in [0.25, 0.3) is 0 Å². The van der Waals surface area contributed by atoms with E-state index in [0.29, 0.717) is 31.6 Å². The first-order chi connectivity index (χ1) is 47.6. The lowest BCUT2D eigenvalue weighted by atomic mass is 9.99. The highest BCUT2D eigenvalue weighted by Gasteiger charge is 2.30. The van der Waals surface area contributed by atoms with Crippen molar-refractivity contribution >= 4 is 39.5 Å². The SMILES string of the molecule is CCC(C)CCCCCCCCCCCCCCCCCCCCC(=O)OC[C@H](COP(=O)(O)OC[C@@H](O)COP(=O)(O)OC[C@@H](COC(=O)CCCCCCCCC(C)C)OC(=O)CCCCCCCCCCCC(C)C)OC(=O)CCCCCCCCCCCCCCCC(C)C. The number of carbonyl (C=O) groups excluding carboxylic acids is 4. The van der Waals surface area contributed by atoms with Gasteiger partial charge in [0.1, 0.15) is 19.3 Å². The predicted octanol–water partition coefficient (Wildman–Crippen LogP) is 23.6. The Morgan fingerprint density at radius 3 is 0.717 bits per heavy atom. The highest BCUT2D eigenvalue weighted by atomic mass is 31.2. The van der Waals surface area contributed by atoms with Gasteiger partial charge in [-0.25, -0.2) is 9.13 Å². The summed E-state index contributed by atoms with van der Waals surface area (Å²) in [7, 11) is -9.92. The second-order valence-electron chi connectivity index (χ2n) is 30.5. The Balaban J connectivity index is 5.18. The molecular formula is C80H156O17P2. The number of hydrogen-bond donors (Lipinski definition) is 3. The Hall–Kier alpha value is -1.94. The number of carbonyl (C=O) groups is 4. The minimum atomic E-state index is -4.96. The topological polar surface area (TPSA) is 237 Å². The molecule has 17 nitrogen and oxygen atoms in total. The molecule has 0 aromatic rings. The van der Waals surface area contributed by atoms with Gasteiger partial charge in [-0.2, -0.15) is 0 Å². The van der Waals surface area contributed by atoms with Gasteiger partial charge < -0.3 is 33.8 Å². The van der Waals surface area contributed by atoms with Gasteiger partial charge in [0.05, 0.1) is 26.4 Å². The molecule has 19 heteroatoms. The molecule has 0 heterocycles. The van der Waals surface area contributed by atoms with Crippen LogP contribution in [0, 0.1) is 23.7 Å². The number of rotatable bonds is 77. The fourth-order valence-electron chi connectivity index (χ4n) is 12.2. The molecule has 588 valence electrons. The Bertz CT molecular complexity index is 1940. The lowest BCUT2D eigenvalue weighted by molar-refractivity contribution is -0.161. The molecule has 0 spiro atoms. The first-order valence-electron chi connectivity index (χ1n) is 41.2. The third-order valence-electron chi connectivity index (χ3n) is 18.9. The molecular weight excluding hydrogens is 1290 g/mol. The second kappa shape index (κ2) is 69.1. The van der Waals surface area contributed by atoms with Gasteiger partial charge in [-0.1, -0.05) is 357 Å². The molecule has 99 heavy (non-hydrogen) atoms. The van der Waals surface area contributed by atoms with Crippen LogP contribution in [-0.4, -0.2) is 96.7 Å². The van der Waals surface area contributed by atoms with Gasteiger partial charge in [0, 0.05) is 25.7 Å². The number of unbranched alkanes of at least 4 members (excludes halogenated alkanes) is 42. The van der Waals surface area contributed by atoms with Gasteiger partial charge in [-0.15, -0.1) is 0 Å². The average molecular weight is 1450 g/mol. The lowest BCUT2D eigenvalue weighted by Crippen LogP contribution is -2.30. The van der Waals surface area contributed by atoms with Crippen molar-refractivity contribution in [3.05, 3.63) is 0 Å². The Morgan fingerprint density at radius 2 is 0.485 bits per heavy atom. The van der Waals surface area contributed by atoms with Crippen molar-refractivity contribution in [3.8, 4) is 0 Å². The Labute approximate surface area is 607 Å². The maximum Gasteiger partial charge on any atom is 0.472 e. The van der Waals surface area contributed by atoms with Crippen LogP contribution in [0.2, 0.25) is 0 Å². The number of aliphatic hydroxyl groups is 1. The Kier molecular flexibility index (Phi) is 67.8. The third-order valence-corrected chi connectivity index (χ3v) is 20.8. The van der Waals surface area contributed by atoms with Crippen molar-refractivity contribution < 1.29 is 80.2 Å². The molecule has 0 aliphatic rings. The molecule has 0 fully saturated rings. The largest absolute Gasteiger partial charge is 0.472 e. The van der Waals surface area contributed by atoms with E-state index in [0.717, 1.165) is 114 Å². The summed E-state index contributed by atoms with van der Waals surface area (Å²) in [4.78, 5) is 72.9. The van der Waals surface area contributed by atoms with E-state index < -0.39 is 97.5 Å². The fourth-order valence-corrected chi connectivity index (χ4v) is 13.8. The van der Waals surface area contributed by atoms with Crippen LogP contribution in [0.1, 0.15) is 409 Å². The summed E-state index contributed by atoms with van der Waals surface area (Å²) in [6.07, 6.45) is 55.8. The van der Waals surface area contributed by atoms with E-state index in [1.807, 2.05) is 0 Å². The van der Waals surface area contributed by atoms with E-state index in [2.05, 4.69) is 55.4 Å². The van der Waals surface area contributed by atoms with Crippen molar-refractivity contribution in [2.24, 2.45) is 23.7 Å². The van der Waals surface area contributed by atoms with Gasteiger partial charge in [0.25, 0.3) is 0 Å². The number of aliphatic hydroxyl groups excluding tert-OH is 1. The summed E-state index contributed by atoms with van der Waals surface area (Å²) in [5, 5.41) is 10.6. The third kappa shape index (κ3) is 72.8. The molecule has 0 saturated heterocycles. The van der Waals surface area contributed by atoms with E-state index in [-0.39, 0.29) is 25.7 Å². The normalized spacial score (nSPS) is 14.3. The lowest BCUT2D eigenvalue weighted by Gasteiger charge is -2.21. The number of hydrogen-bond acceptors (Lipinski definition) is 15. The van der Waals surface area contributed by atoms with E-state index in [9.17, 15) is 43.2 Å². The van der Waals surface area contributed by atoms with Crippen LogP contribution < -0.4 is 0 Å². The smallest absolute Gasteiger partial charge is 0.462 e. The molecule has 0 saturated carbocycles. The van der Waals surface area contributed by atoms with E-state index in [1.54, 1.807) is 0 Å². The summed E-state index contributed by atoms with van der Waals surface area (Å²) in [5.41, 5.74) is 0. The highest BCUT2D eigenvalue weighted by molar-refractivity contribution is 7.47. The minimum absolute atomic E-state index is 0.104. The van der Waals surface area contributed by atoms with Crippen LogP contribution >= 0.6 is 15.6 Å². The molecule has 6 atom stereocenters. The van der Waals surface area contributed by atoms with Crippen LogP contribution in [0.3, 0.4) is 0 Å². The number of ether oxygens (including phenoxy) is 4. The number of esters is 4. The molecule has 3 unspecified atom stereocenters. The first-order valence-corrected chi connectivity index (χ1v) is 44.2. The first kappa shape index (κ1) is 97.1. The highest BCUT2D eigenvalue weighted by Crippen LogP contribution is 2.45. The van der Waals surface area contributed by atoms with Crippen molar-refractivity contribution in [3.63, 3.8) is 0 Å². The zero-order valence-electron chi connectivity index (χ0n) is 65.1. The summed E-state index contributed by atoms with van der Waals surface area (Å²) < 4.78 is 68.6. The second-order valence-corrected chi connectivity index (χ2v) is 33.4. The van der Waals surface area contributed by atoms with Crippen molar-refractivity contribution in [1.29, 1.82) is 0 Å². The van der Waals surface area contributed by atoms with Crippen LogP contribution in [0.5, 0.6) is 0 Å². The standard InChI is InChI=1S/C80H156O17P2/c1-9-73(8)59-51-43-34-28-22-18-14-12-10-11-13-15-19-23-29-35-44-52-60-77(82)90-66-75(96-79(84)62-54-46-36-30-24-20-16-17-21-26-32-40-48-56-70(2)3)68-94-98(86,87)92-64-74(81)65-93-99(88,89)95-69-76(67-91-78(83)61-53-45-39-38-42-50-58-72(6)7)97-80(85)63-55-47-37-31-25-27-33-41-49-57-71(4)5/h70-76,81H,9-69H2,1-8H3,(H,86,87)(H,88,89)/t73?,74-,75-,76-/m1/s1. The Morgan fingerprint density at radius 1 is 0.283 bits per heavy atom. The monoisotopic (exact) mass is 1450 g/mol. The van der Waals surface area contributed by atoms with Crippen molar-refractivity contribution in [2.75, 3.05) is 39.6 Å². The zero-order valence-corrected chi connectivity index (χ0v) is 66.9. The minimum Gasteiger partial charge on any atom is -0.462 e. The molecule has 0 radical (unpaired) electrons. The summed E-state index contributed by atoms with van der Waals surface area (Å²) in [5.74, 6) is 0.957. The van der Waals surface area contributed by atoms with Crippen molar-refractivity contribution in [2.45, 2.75) is 427 Å². The van der Waals surface area contributed by atoms with Gasteiger partial charge in [0.2, 0.25) is 0 Å². The van der Waals surface area contributed by atoms with E-state index in [4.69, 9.17) is 37.0 Å². The van der Waals surface area contributed by atoms with Crippen LogP contribution in [0.4, 0.5) is 0 Å². The summed E-state index contributed by atoms with van der Waals surface area (Å²) in [6, 6.07) is 0. The van der Waals surface area contributed by atoms with Gasteiger partial charge in [0.15, 0.2) is 12.2 Å². The van der Waals surface area contributed by atoms with Gasteiger partial charge in [-0.05, 0) is 49.4 Å². The molecule has 0 amide bonds. The number of phosphoric ester groups is 2. The van der Waals surface area contributed by atoms with E-state index >= 15 is 0 Å². The van der Waals surface area contributed by atoms with Gasteiger partial charge >= 0.3 is 39.5 Å². The number of phosphoric acid groups is 2. The quantitative estimate of drug-likeness (QED) is 0.0222. The predicted molar refractivity (Wildman–Crippen MR) is 404 cm³/mol. The molecule has 3 N–H and O–H groups in total. The fraction of sp³-hybridized carbons (Fsp3) is 0.950. The average Bonchev–Trinajstić information content (AvgIpc) is 1.80. The maximum atomic E-state index is 13.1. The maximum absolute atomic E-state index is 13.1. The van der Waals surface area contributed by atoms with E-state index in [1.165, 1.54) is 205 Å². The molecule has 0 aliphatic carbocycles. The summed E-state index contributed by atoms with van der Waals surface area (Å²) >= 11 is 0. The molecule has 0 aliphatic heterocycles. The van der Waals surface area contributed by atoms with Crippen molar-refractivity contribution in [1.82, 2.24) is 0 Å². The summed E-state index contributed by atoms with van der Waals surface area (Å²) in [6.45, 7) is 14.2.